The van der Waals surface area contributed by atoms with Crippen molar-refractivity contribution in [3.63, 3.8) is 0 Å². The van der Waals surface area contributed by atoms with Crippen LogP contribution in [0.25, 0.3) is 0 Å². The highest BCUT2D eigenvalue weighted by molar-refractivity contribution is 5.77. The molecule has 0 aliphatic heterocycles. The molecule has 3 N–H and O–H groups in total. The largest absolute Gasteiger partial charge is 0.573 e. The molecular weight excluding hydrogens is 347 g/mol. The van der Waals surface area contributed by atoms with E-state index in [1.807, 2.05) is 37.2 Å². The molecule has 26 heavy (non-hydrogen) atoms. The second-order valence-corrected chi connectivity index (χ2v) is 5.63. The molecule has 140 valence electrons. The maximum atomic E-state index is 12.1. The van der Waals surface area contributed by atoms with Crippen LogP contribution in [-0.2, 0) is 13.1 Å². The summed E-state index contributed by atoms with van der Waals surface area (Å²) in [4.78, 5) is 10.5. The zero-order valence-electron chi connectivity index (χ0n) is 14.4. The van der Waals surface area contributed by atoms with Crippen LogP contribution in [0.4, 0.5) is 19.0 Å². The number of rotatable bonds is 6. The van der Waals surface area contributed by atoms with Gasteiger partial charge in [0.05, 0.1) is 18.8 Å². The maximum absolute atomic E-state index is 12.1. The van der Waals surface area contributed by atoms with Crippen LogP contribution in [0.1, 0.15) is 11.3 Å². The van der Waals surface area contributed by atoms with Gasteiger partial charge in [-0.25, -0.2) is 9.98 Å². The molecule has 9 heteroatoms. The topological polar surface area (TPSA) is 75.8 Å². The summed E-state index contributed by atoms with van der Waals surface area (Å²) in [6, 6.07) is 11.1. The van der Waals surface area contributed by atoms with Gasteiger partial charge in [-0.2, -0.15) is 0 Å². The van der Waals surface area contributed by atoms with Crippen LogP contribution in [0.2, 0.25) is 0 Å². The van der Waals surface area contributed by atoms with E-state index in [-0.39, 0.29) is 18.3 Å². The number of nitrogens with one attached hydrogen (secondary N) is 1. The summed E-state index contributed by atoms with van der Waals surface area (Å²) >= 11 is 0. The molecule has 1 aromatic carbocycles. The molecule has 1 aromatic heterocycles. The maximum Gasteiger partial charge on any atom is 0.573 e. The fourth-order valence-corrected chi connectivity index (χ4v) is 2.02. The summed E-state index contributed by atoms with van der Waals surface area (Å²) in [6.45, 7) is 0.645. The number of ether oxygens (including phenoxy) is 1. The number of pyridine rings is 1. The molecule has 1 heterocycles. The average Bonchev–Trinajstić information content (AvgIpc) is 2.58. The Morgan fingerprint density at radius 1 is 1.19 bits per heavy atom. The third kappa shape index (κ3) is 6.50. The van der Waals surface area contributed by atoms with Gasteiger partial charge in [0.1, 0.15) is 11.6 Å². The van der Waals surface area contributed by atoms with Crippen molar-refractivity contribution in [3.05, 3.63) is 53.7 Å². The van der Waals surface area contributed by atoms with Crippen LogP contribution in [0.3, 0.4) is 0 Å². The Morgan fingerprint density at radius 3 is 2.50 bits per heavy atom. The molecule has 0 saturated carbocycles. The van der Waals surface area contributed by atoms with Crippen molar-refractivity contribution in [1.29, 1.82) is 0 Å². The number of hydrogen-bond donors (Lipinski definition) is 2. The van der Waals surface area contributed by atoms with Crippen molar-refractivity contribution < 1.29 is 17.9 Å². The fourth-order valence-electron chi connectivity index (χ4n) is 2.02. The van der Waals surface area contributed by atoms with Crippen LogP contribution in [0.15, 0.2) is 47.5 Å². The smallest absolute Gasteiger partial charge is 0.406 e. The zero-order chi connectivity index (χ0) is 19.2. The highest BCUT2D eigenvalue weighted by Crippen LogP contribution is 2.22. The first-order valence-electron chi connectivity index (χ1n) is 7.74. The monoisotopic (exact) mass is 367 g/mol. The minimum Gasteiger partial charge on any atom is -0.406 e. The number of benzene rings is 1. The van der Waals surface area contributed by atoms with Gasteiger partial charge < -0.3 is 20.7 Å². The summed E-state index contributed by atoms with van der Waals surface area (Å²) in [6.07, 6.45) is -4.70. The van der Waals surface area contributed by atoms with E-state index in [2.05, 4.69) is 20.0 Å². The standard InChI is InChI=1S/C17H20F3N5O/c1-25(2)15-5-3-4-13(24-15)11-23-16(21)22-10-12-6-8-14(9-7-12)26-17(18,19)20/h3-9H,10-11H2,1-2H3,(H3,21,22,23). The second kappa shape index (κ2) is 8.41. The van der Waals surface area contributed by atoms with E-state index in [0.29, 0.717) is 12.1 Å². The minimum absolute atomic E-state index is 0.220. The van der Waals surface area contributed by atoms with E-state index in [9.17, 15) is 13.2 Å². The summed E-state index contributed by atoms with van der Waals surface area (Å²) in [5, 5.41) is 2.95. The average molecular weight is 367 g/mol. The third-order valence-corrected chi connectivity index (χ3v) is 3.29. The van der Waals surface area contributed by atoms with Crippen molar-refractivity contribution in [3.8, 4) is 5.75 Å². The predicted molar refractivity (Wildman–Crippen MR) is 93.9 cm³/mol. The minimum atomic E-state index is -4.70. The van der Waals surface area contributed by atoms with E-state index in [4.69, 9.17) is 5.73 Å². The first-order chi connectivity index (χ1) is 12.2. The van der Waals surface area contributed by atoms with Crippen LogP contribution in [0, 0.1) is 0 Å². The van der Waals surface area contributed by atoms with Gasteiger partial charge in [-0.05, 0) is 29.8 Å². The lowest BCUT2D eigenvalue weighted by Crippen LogP contribution is -2.31. The third-order valence-electron chi connectivity index (χ3n) is 3.29. The van der Waals surface area contributed by atoms with E-state index >= 15 is 0 Å². The SMILES string of the molecule is CN(C)c1cccc(CNC(N)=NCc2ccc(OC(F)(F)F)cc2)n1. The zero-order valence-corrected chi connectivity index (χ0v) is 14.4. The Labute approximate surface area is 149 Å². The first kappa shape index (κ1) is 19.4. The van der Waals surface area contributed by atoms with Gasteiger partial charge in [0, 0.05) is 14.1 Å². The summed E-state index contributed by atoms with van der Waals surface area (Å²) in [5.74, 6) is 0.779. The number of guanidine groups is 1. The molecule has 0 aliphatic carbocycles. The van der Waals surface area contributed by atoms with Gasteiger partial charge in [0.25, 0.3) is 0 Å². The fraction of sp³-hybridized carbons (Fsp3) is 0.294. The molecule has 0 spiro atoms. The van der Waals surface area contributed by atoms with Crippen molar-refractivity contribution in [2.45, 2.75) is 19.5 Å². The lowest BCUT2D eigenvalue weighted by atomic mass is 10.2. The van der Waals surface area contributed by atoms with Crippen LogP contribution in [-0.4, -0.2) is 31.4 Å². The van der Waals surface area contributed by atoms with Gasteiger partial charge >= 0.3 is 6.36 Å². The van der Waals surface area contributed by atoms with Crippen molar-refractivity contribution in [2.24, 2.45) is 10.7 Å². The van der Waals surface area contributed by atoms with E-state index < -0.39 is 6.36 Å². The molecule has 6 nitrogen and oxygen atoms in total. The highest BCUT2D eigenvalue weighted by Gasteiger charge is 2.30. The number of halogens is 3. The Bertz CT molecular complexity index is 745. The van der Waals surface area contributed by atoms with Gasteiger partial charge in [-0.3, -0.25) is 0 Å². The van der Waals surface area contributed by atoms with E-state index in [0.717, 1.165) is 11.5 Å². The molecule has 0 unspecified atom stereocenters. The van der Waals surface area contributed by atoms with E-state index in [1.165, 1.54) is 24.3 Å². The number of nitrogens with two attached hydrogens (primary N) is 1. The molecule has 2 rings (SSSR count). The molecule has 0 radical (unpaired) electrons. The number of alkyl halides is 3. The molecular formula is C17H20F3N5O. The van der Waals surface area contributed by atoms with Gasteiger partial charge in [-0.15, -0.1) is 13.2 Å². The molecule has 0 atom stereocenters. The molecule has 0 saturated heterocycles. The Hall–Kier alpha value is -2.97. The summed E-state index contributed by atoms with van der Waals surface area (Å²) in [7, 11) is 3.81. The Balaban J connectivity index is 1.87. The number of aliphatic imine (C=N–C) groups is 1. The number of anilines is 1. The number of hydrogen-bond acceptors (Lipinski definition) is 4. The quantitative estimate of drug-likeness (QED) is 0.606. The summed E-state index contributed by atoms with van der Waals surface area (Å²) < 4.78 is 40.2. The predicted octanol–water partition coefficient (Wildman–Crippen LogP) is 2.65. The van der Waals surface area contributed by atoms with E-state index in [1.54, 1.807) is 0 Å². The van der Waals surface area contributed by atoms with Crippen molar-refractivity contribution >= 4 is 11.8 Å². The van der Waals surface area contributed by atoms with Gasteiger partial charge in [0.2, 0.25) is 0 Å². The van der Waals surface area contributed by atoms with Crippen molar-refractivity contribution in [2.75, 3.05) is 19.0 Å². The molecule has 0 aliphatic rings. The van der Waals surface area contributed by atoms with Crippen molar-refractivity contribution in [1.82, 2.24) is 10.3 Å². The molecule has 2 aromatic rings. The van der Waals surface area contributed by atoms with Crippen LogP contribution >= 0.6 is 0 Å². The number of nitrogens with zero attached hydrogens (tertiary/aromatic N) is 3. The van der Waals surface area contributed by atoms with Gasteiger partial charge in [0.15, 0.2) is 5.96 Å². The highest BCUT2D eigenvalue weighted by atomic mass is 19.4. The van der Waals surface area contributed by atoms with Crippen LogP contribution in [0.5, 0.6) is 5.75 Å². The normalized spacial score (nSPS) is 12.0. The van der Waals surface area contributed by atoms with Gasteiger partial charge in [-0.1, -0.05) is 18.2 Å². The lowest BCUT2D eigenvalue weighted by molar-refractivity contribution is -0.274. The second-order valence-electron chi connectivity index (χ2n) is 5.63. The lowest BCUT2D eigenvalue weighted by Gasteiger charge is -2.12. The first-order valence-corrected chi connectivity index (χ1v) is 7.74. The Kier molecular flexibility index (Phi) is 6.26. The van der Waals surface area contributed by atoms with Crippen LogP contribution < -0.4 is 20.7 Å². The molecule has 0 fully saturated rings. The molecule has 0 bridgehead atoms. The number of aromatic nitrogens is 1. The molecule has 0 amide bonds. The summed E-state index contributed by atoms with van der Waals surface area (Å²) in [5.41, 5.74) is 7.32. The Morgan fingerprint density at radius 2 is 1.88 bits per heavy atom.